The summed E-state index contributed by atoms with van der Waals surface area (Å²) in [7, 11) is 0. The van der Waals surface area contributed by atoms with Crippen molar-refractivity contribution < 1.29 is 4.79 Å². The Bertz CT molecular complexity index is 433. The second kappa shape index (κ2) is 4.96. The van der Waals surface area contributed by atoms with Gasteiger partial charge < -0.3 is 10.6 Å². The quantitative estimate of drug-likeness (QED) is 0.781. The van der Waals surface area contributed by atoms with Crippen molar-refractivity contribution in [2.45, 2.75) is 32.2 Å². The number of halogens is 1. The van der Waals surface area contributed by atoms with Gasteiger partial charge in [-0.05, 0) is 44.4 Å². The monoisotopic (exact) mass is 252 g/mol. The van der Waals surface area contributed by atoms with Crippen LogP contribution < -0.4 is 5.73 Å². The maximum absolute atomic E-state index is 12.3. The van der Waals surface area contributed by atoms with Crippen molar-refractivity contribution in [2.24, 2.45) is 0 Å². The fourth-order valence-electron chi connectivity index (χ4n) is 2.28. The number of amides is 1. The lowest BCUT2D eigenvalue weighted by atomic mass is 10.0. The molecule has 92 valence electrons. The molecule has 1 unspecified atom stereocenters. The van der Waals surface area contributed by atoms with E-state index in [9.17, 15) is 4.79 Å². The summed E-state index contributed by atoms with van der Waals surface area (Å²) in [5.74, 6) is 0.0198. The number of piperidine rings is 1. The lowest BCUT2D eigenvalue weighted by Gasteiger charge is -2.33. The molecule has 0 saturated carbocycles. The van der Waals surface area contributed by atoms with Gasteiger partial charge in [0.1, 0.15) is 0 Å². The van der Waals surface area contributed by atoms with Crippen LogP contribution in [0.2, 0.25) is 5.02 Å². The summed E-state index contributed by atoms with van der Waals surface area (Å²) in [6, 6.07) is 5.34. The third-order valence-corrected chi connectivity index (χ3v) is 3.54. The molecule has 2 N–H and O–H groups in total. The first-order chi connectivity index (χ1) is 8.09. The number of carbonyl (C=O) groups excluding carboxylic acids is 1. The van der Waals surface area contributed by atoms with Gasteiger partial charge in [0.15, 0.2) is 0 Å². The van der Waals surface area contributed by atoms with Crippen molar-refractivity contribution in [1.82, 2.24) is 4.90 Å². The van der Waals surface area contributed by atoms with Crippen LogP contribution in [0, 0.1) is 0 Å². The van der Waals surface area contributed by atoms with E-state index in [0.29, 0.717) is 22.3 Å². The Morgan fingerprint density at radius 1 is 1.47 bits per heavy atom. The van der Waals surface area contributed by atoms with Crippen LogP contribution in [-0.2, 0) is 0 Å². The molecule has 0 aliphatic carbocycles. The number of anilines is 1. The molecule has 0 bridgehead atoms. The summed E-state index contributed by atoms with van der Waals surface area (Å²) >= 11 is 5.83. The van der Waals surface area contributed by atoms with E-state index in [1.807, 2.05) is 4.90 Å². The van der Waals surface area contributed by atoms with Crippen LogP contribution in [0.4, 0.5) is 5.69 Å². The molecule has 0 radical (unpaired) electrons. The van der Waals surface area contributed by atoms with Gasteiger partial charge in [-0.1, -0.05) is 11.6 Å². The highest BCUT2D eigenvalue weighted by Gasteiger charge is 2.25. The van der Waals surface area contributed by atoms with E-state index in [-0.39, 0.29) is 5.91 Å². The molecule has 1 aromatic rings. The molecular formula is C13H17ClN2O. The first-order valence-corrected chi connectivity index (χ1v) is 6.33. The minimum Gasteiger partial charge on any atom is -0.398 e. The fraction of sp³-hybridized carbons (Fsp3) is 0.462. The average Bonchev–Trinajstić information content (AvgIpc) is 2.29. The van der Waals surface area contributed by atoms with Crippen molar-refractivity contribution in [3.63, 3.8) is 0 Å². The number of nitrogens with zero attached hydrogens (tertiary/aromatic N) is 1. The second-order valence-corrected chi connectivity index (χ2v) is 5.01. The zero-order chi connectivity index (χ0) is 12.4. The molecule has 1 aliphatic heterocycles. The Morgan fingerprint density at radius 2 is 2.24 bits per heavy atom. The molecule has 1 heterocycles. The number of hydrogen-bond acceptors (Lipinski definition) is 2. The molecule has 4 heteroatoms. The Balaban J connectivity index is 2.24. The summed E-state index contributed by atoms with van der Waals surface area (Å²) in [6.45, 7) is 2.91. The van der Waals surface area contributed by atoms with E-state index in [1.165, 1.54) is 6.42 Å². The molecular weight excluding hydrogens is 236 g/mol. The number of carbonyl (C=O) groups is 1. The molecule has 1 saturated heterocycles. The largest absolute Gasteiger partial charge is 0.398 e. The molecule has 17 heavy (non-hydrogen) atoms. The van der Waals surface area contributed by atoms with E-state index in [0.717, 1.165) is 19.4 Å². The Morgan fingerprint density at radius 3 is 2.88 bits per heavy atom. The summed E-state index contributed by atoms with van der Waals surface area (Å²) in [4.78, 5) is 14.3. The van der Waals surface area contributed by atoms with Crippen LogP contribution in [0.3, 0.4) is 0 Å². The normalized spacial score (nSPS) is 20.4. The summed E-state index contributed by atoms with van der Waals surface area (Å²) in [5.41, 5.74) is 6.86. The maximum Gasteiger partial charge on any atom is 0.256 e. The second-order valence-electron chi connectivity index (χ2n) is 4.57. The van der Waals surface area contributed by atoms with Gasteiger partial charge in [-0.2, -0.15) is 0 Å². The molecule has 1 atom stereocenters. The van der Waals surface area contributed by atoms with Gasteiger partial charge in [0.05, 0.1) is 5.56 Å². The van der Waals surface area contributed by atoms with Gasteiger partial charge in [-0.15, -0.1) is 0 Å². The highest BCUT2D eigenvalue weighted by molar-refractivity contribution is 6.31. The first-order valence-electron chi connectivity index (χ1n) is 5.95. The summed E-state index contributed by atoms with van der Waals surface area (Å²) in [5, 5.41) is 0.561. The maximum atomic E-state index is 12.3. The van der Waals surface area contributed by atoms with Crippen molar-refractivity contribution in [3.05, 3.63) is 28.8 Å². The number of nitrogen functional groups attached to an aromatic ring is 1. The van der Waals surface area contributed by atoms with Gasteiger partial charge in [-0.3, -0.25) is 4.79 Å². The number of benzene rings is 1. The third kappa shape index (κ3) is 2.55. The lowest BCUT2D eigenvalue weighted by molar-refractivity contribution is 0.0637. The third-order valence-electron chi connectivity index (χ3n) is 3.31. The number of hydrogen-bond donors (Lipinski definition) is 1. The summed E-state index contributed by atoms with van der Waals surface area (Å²) < 4.78 is 0. The van der Waals surface area contributed by atoms with Crippen LogP contribution >= 0.6 is 11.6 Å². The highest BCUT2D eigenvalue weighted by atomic mass is 35.5. The molecule has 2 rings (SSSR count). The van der Waals surface area contributed by atoms with E-state index in [1.54, 1.807) is 18.2 Å². The zero-order valence-electron chi connectivity index (χ0n) is 9.95. The first kappa shape index (κ1) is 12.2. The molecule has 0 aromatic heterocycles. The van der Waals surface area contributed by atoms with Crippen molar-refractivity contribution in [2.75, 3.05) is 12.3 Å². The van der Waals surface area contributed by atoms with Gasteiger partial charge in [-0.25, -0.2) is 0 Å². The van der Waals surface area contributed by atoms with Gasteiger partial charge in [0, 0.05) is 23.3 Å². The predicted octanol–water partition coefficient (Wildman–Crippen LogP) is 2.94. The standard InChI is InChI=1S/C13H17ClN2O/c1-9-4-2-3-7-16(9)13(17)11-6-5-10(14)8-12(11)15/h5-6,8-9H,2-4,7,15H2,1H3. The average molecular weight is 253 g/mol. The molecule has 1 aromatic carbocycles. The zero-order valence-corrected chi connectivity index (χ0v) is 10.7. The Kier molecular flexibility index (Phi) is 3.57. The van der Waals surface area contributed by atoms with Crippen LogP contribution in [-0.4, -0.2) is 23.4 Å². The van der Waals surface area contributed by atoms with Gasteiger partial charge in [0.2, 0.25) is 0 Å². The minimum absolute atomic E-state index is 0.0198. The van der Waals surface area contributed by atoms with E-state index in [2.05, 4.69) is 6.92 Å². The molecule has 1 aliphatic rings. The molecule has 3 nitrogen and oxygen atoms in total. The number of likely N-dealkylation sites (tertiary alicyclic amines) is 1. The van der Waals surface area contributed by atoms with Crippen LogP contribution in [0.25, 0.3) is 0 Å². The van der Waals surface area contributed by atoms with Crippen molar-refractivity contribution >= 4 is 23.2 Å². The Labute approximate surface area is 107 Å². The molecule has 1 amide bonds. The van der Waals surface area contributed by atoms with Crippen LogP contribution in [0.5, 0.6) is 0 Å². The molecule has 1 fully saturated rings. The topological polar surface area (TPSA) is 46.3 Å². The van der Waals surface area contributed by atoms with Crippen molar-refractivity contribution in [3.8, 4) is 0 Å². The fourth-order valence-corrected chi connectivity index (χ4v) is 2.46. The van der Waals surface area contributed by atoms with Gasteiger partial charge >= 0.3 is 0 Å². The SMILES string of the molecule is CC1CCCCN1C(=O)c1ccc(Cl)cc1N. The number of rotatable bonds is 1. The number of nitrogens with two attached hydrogens (primary N) is 1. The van der Waals surface area contributed by atoms with Gasteiger partial charge in [0.25, 0.3) is 5.91 Å². The lowest BCUT2D eigenvalue weighted by Crippen LogP contribution is -2.42. The minimum atomic E-state index is 0.0198. The van der Waals surface area contributed by atoms with E-state index < -0.39 is 0 Å². The van der Waals surface area contributed by atoms with Crippen molar-refractivity contribution in [1.29, 1.82) is 0 Å². The van der Waals surface area contributed by atoms with Crippen LogP contribution in [0.1, 0.15) is 36.5 Å². The predicted molar refractivity (Wildman–Crippen MR) is 70.2 cm³/mol. The Hall–Kier alpha value is -1.22. The smallest absolute Gasteiger partial charge is 0.256 e. The van der Waals surface area contributed by atoms with E-state index >= 15 is 0 Å². The molecule has 0 spiro atoms. The van der Waals surface area contributed by atoms with E-state index in [4.69, 9.17) is 17.3 Å². The van der Waals surface area contributed by atoms with Crippen LogP contribution in [0.15, 0.2) is 18.2 Å². The summed E-state index contributed by atoms with van der Waals surface area (Å²) in [6.07, 6.45) is 3.34. The highest BCUT2D eigenvalue weighted by Crippen LogP contribution is 2.23.